The molecule has 6 nitrogen and oxygen atoms in total. The van der Waals surface area contributed by atoms with Crippen molar-refractivity contribution >= 4 is 41.5 Å². The highest BCUT2D eigenvalue weighted by Gasteiger charge is 2.21. The Balaban J connectivity index is 0.00000338. The van der Waals surface area contributed by atoms with Gasteiger partial charge in [-0.25, -0.2) is 9.98 Å². The summed E-state index contributed by atoms with van der Waals surface area (Å²) in [7, 11) is 1.72. The molecular weight excluding hydrogens is 467 g/mol. The maximum Gasteiger partial charge on any atom is 0.194 e. The topological polar surface area (TPSA) is 59.0 Å². The monoisotopic (exact) mass is 496 g/mol. The Bertz CT molecular complexity index is 522. The summed E-state index contributed by atoms with van der Waals surface area (Å²) in [5, 5.41) is 3.89. The van der Waals surface area contributed by atoms with Crippen LogP contribution in [0.25, 0.3) is 0 Å². The molecule has 0 radical (unpaired) electrons. The Hall–Kier alpha value is -0.640. The van der Waals surface area contributed by atoms with Crippen LogP contribution in [0.5, 0.6) is 0 Å². The Morgan fingerprint density at radius 2 is 2.12 bits per heavy atom. The highest BCUT2D eigenvalue weighted by molar-refractivity contribution is 14.0. The van der Waals surface area contributed by atoms with E-state index in [-0.39, 0.29) is 24.0 Å². The number of rotatable bonds is 8. The quantitative estimate of drug-likeness (QED) is 0.197. The second-order valence-corrected chi connectivity index (χ2v) is 6.45. The molecule has 1 aromatic rings. The van der Waals surface area contributed by atoms with Crippen molar-refractivity contribution < 1.29 is 9.47 Å². The summed E-state index contributed by atoms with van der Waals surface area (Å²) in [6, 6.07) is 3.76. The molecule has 0 unspecified atom stereocenters. The zero-order valence-electron chi connectivity index (χ0n) is 15.6. The molecule has 1 aromatic heterocycles. The van der Waals surface area contributed by atoms with E-state index in [1.165, 1.54) is 0 Å². The van der Waals surface area contributed by atoms with Gasteiger partial charge in [-0.3, -0.25) is 0 Å². The lowest BCUT2D eigenvalue weighted by atomic mass is 10.1. The molecule has 0 spiro atoms. The summed E-state index contributed by atoms with van der Waals surface area (Å²) >= 11 is 5.83. The van der Waals surface area contributed by atoms with Crippen molar-refractivity contribution in [2.45, 2.75) is 38.8 Å². The van der Waals surface area contributed by atoms with Crippen molar-refractivity contribution in [2.75, 3.05) is 40.0 Å². The van der Waals surface area contributed by atoms with Crippen LogP contribution in [0.2, 0.25) is 5.15 Å². The number of methoxy groups -OCH3 is 1. The van der Waals surface area contributed by atoms with Crippen molar-refractivity contribution in [3.8, 4) is 0 Å². The van der Waals surface area contributed by atoms with E-state index in [0.29, 0.717) is 17.8 Å². The fourth-order valence-electron chi connectivity index (χ4n) is 2.78. The van der Waals surface area contributed by atoms with Crippen LogP contribution < -0.4 is 5.32 Å². The highest BCUT2D eigenvalue weighted by atomic mass is 127. The van der Waals surface area contributed by atoms with Gasteiger partial charge in [0.2, 0.25) is 0 Å². The lowest BCUT2D eigenvalue weighted by molar-refractivity contribution is 0.00990. The van der Waals surface area contributed by atoms with Crippen molar-refractivity contribution in [1.82, 2.24) is 15.2 Å². The number of pyridine rings is 1. The number of hydrogen-bond donors (Lipinski definition) is 1. The molecule has 0 aliphatic carbocycles. The molecular formula is C18H30ClIN4O2. The van der Waals surface area contributed by atoms with Crippen LogP contribution in [0, 0.1) is 0 Å². The van der Waals surface area contributed by atoms with Gasteiger partial charge in [-0.1, -0.05) is 17.7 Å². The molecule has 1 aliphatic rings. The zero-order valence-corrected chi connectivity index (χ0v) is 18.7. The van der Waals surface area contributed by atoms with E-state index in [9.17, 15) is 0 Å². The Morgan fingerprint density at radius 3 is 2.73 bits per heavy atom. The van der Waals surface area contributed by atoms with Gasteiger partial charge in [-0.05, 0) is 37.8 Å². The average molecular weight is 497 g/mol. The third-order valence-corrected chi connectivity index (χ3v) is 4.35. The van der Waals surface area contributed by atoms with E-state index >= 15 is 0 Å². The standard InChI is InChI=1S/C18H29ClN4O2.HI/c1-3-20-18(22-14-15-5-6-17(19)21-13-15)23-9-7-16(8-10-23)25-12-4-11-24-2;/h5-6,13,16H,3-4,7-12,14H2,1-2H3,(H,20,22);1H. The first-order valence-corrected chi connectivity index (χ1v) is 9.35. The predicted octanol–water partition coefficient (Wildman–Crippen LogP) is 3.34. The summed E-state index contributed by atoms with van der Waals surface area (Å²) in [6.45, 7) is 6.99. The van der Waals surface area contributed by atoms with Crippen molar-refractivity contribution in [3.05, 3.63) is 29.0 Å². The second kappa shape index (κ2) is 13.5. The minimum atomic E-state index is 0. The summed E-state index contributed by atoms with van der Waals surface area (Å²) in [5.74, 6) is 0.954. The number of ether oxygens (including phenoxy) is 2. The van der Waals surface area contributed by atoms with Crippen molar-refractivity contribution in [3.63, 3.8) is 0 Å². The minimum absolute atomic E-state index is 0. The molecule has 2 rings (SSSR count). The largest absolute Gasteiger partial charge is 0.385 e. The number of nitrogens with zero attached hydrogens (tertiary/aromatic N) is 3. The summed E-state index contributed by atoms with van der Waals surface area (Å²) in [5.41, 5.74) is 1.05. The number of nitrogens with one attached hydrogen (secondary N) is 1. The Morgan fingerprint density at radius 1 is 1.35 bits per heavy atom. The second-order valence-electron chi connectivity index (χ2n) is 6.06. The van der Waals surface area contributed by atoms with Crippen LogP contribution in [0.1, 0.15) is 31.7 Å². The fraction of sp³-hybridized carbons (Fsp3) is 0.667. The fourth-order valence-corrected chi connectivity index (χ4v) is 2.89. The van der Waals surface area contributed by atoms with Gasteiger partial charge in [-0.2, -0.15) is 0 Å². The first kappa shape index (κ1) is 23.4. The third kappa shape index (κ3) is 8.37. The number of aliphatic imine (C=N–C) groups is 1. The van der Waals surface area contributed by atoms with E-state index in [4.69, 9.17) is 26.1 Å². The van der Waals surface area contributed by atoms with Crippen LogP contribution in [0.15, 0.2) is 23.3 Å². The summed E-state index contributed by atoms with van der Waals surface area (Å²) in [4.78, 5) is 11.2. The van der Waals surface area contributed by atoms with Gasteiger partial charge in [0.25, 0.3) is 0 Å². The number of hydrogen-bond acceptors (Lipinski definition) is 4. The molecule has 8 heteroatoms. The lowest BCUT2D eigenvalue weighted by Gasteiger charge is -2.34. The first-order valence-electron chi connectivity index (χ1n) is 8.97. The highest BCUT2D eigenvalue weighted by Crippen LogP contribution is 2.15. The van der Waals surface area contributed by atoms with Crippen molar-refractivity contribution in [1.29, 1.82) is 0 Å². The number of aromatic nitrogens is 1. The molecule has 0 bridgehead atoms. The Kier molecular flexibility index (Phi) is 12.2. The zero-order chi connectivity index (χ0) is 17.9. The molecule has 0 aromatic carbocycles. The van der Waals surface area contributed by atoms with Gasteiger partial charge in [0.05, 0.1) is 12.6 Å². The van der Waals surface area contributed by atoms with Crippen LogP contribution in [-0.2, 0) is 16.0 Å². The van der Waals surface area contributed by atoms with E-state index < -0.39 is 0 Å². The van der Waals surface area contributed by atoms with E-state index in [2.05, 4.69) is 22.1 Å². The minimum Gasteiger partial charge on any atom is -0.385 e. The lowest BCUT2D eigenvalue weighted by Crippen LogP contribution is -2.47. The van der Waals surface area contributed by atoms with Crippen LogP contribution in [-0.4, -0.2) is 61.9 Å². The molecule has 26 heavy (non-hydrogen) atoms. The van der Waals surface area contributed by atoms with E-state index in [1.807, 2.05) is 6.07 Å². The number of halogens is 2. The molecule has 1 saturated heterocycles. The maximum atomic E-state index is 5.93. The summed E-state index contributed by atoms with van der Waals surface area (Å²) < 4.78 is 11.0. The Labute approximate surface area is 178 Å². The number of piperidine rings is 1. The average Bonchev–Trinajstić information content (AvgIpc) is 2.64. The smallest absolute Gasteiger partial charge is 0.194 e. The summed E-state index contributed by atoms with van der Waals surface area (Å²) in [6.07, 6.45) is 5.13. The van der Waals surface area contributed by atoms with Crippen LogP contribution >= 0.6 is 35.6 Å². The molecule has 2 heterocycles. The van der Waals surface area contributed by atoms with Crippen LogP contribution in [0.3, 0.4) is 0 Å². The van der Waals surface area contributed by atoms with Gasteiger partial charge in [0.1, 0.15) is 5.15 Å². The van der Waals surface area contributed by atoms with Gasteiger partial charge >= 0.3 is 0 Å². The normalized spacial score (nSPS) is 15.7. The van der Waals surface area contributed by atoms with Gasteiger partial charge < -0.3 is 19.7 Å². The van der Waals surface area contributed by atoms with Crippen molar-refractivity contribution in [2.24, 2.45) is 4.99 Å². The first-order chi connectivity index (χ1) is 12.2. The van der Waals surface area contributed by atoms with E-state index in [1.54, 1.807) is 19.4 Å². The SMILES string of the molecule is CCNC(=NCc1ccc(Cl)nc1)N1CCC(OCCCOC)CC1.I. The van der Waals surface area contributed by atoms with Gasteiger partial charge in [-0.15, -0.1) is 24.0 Å². The molecule has 0 amide bonds. The van der Waals surface area contributed by atoms with Gasteiger partial charge in [0, 0.05) is 46.2 Å². The number of guanidine groups is 1. The van der Waals surface area contributed by atoms with Gasteiger partial charge in [0.15, 0.2) is 5.96 Å². The molecule has 1 aliphatic heterocycles. The molecule has 1 N–H and O–H groups in total. The molecule has 1 fully saturated rings. The number of likely N-dealkylation sites (tertiary alicyclic amines) is 1. The van der Waals surface area contributed by atoms with E-state index in [0.717, 1.165) is 63.6 Å². The maximum absolute atomic E-state index is 5.93. The molecule has 0 saturated carbocycles. The van der Waals surface area contributed by atoms with Crippen LogP contribution in [0.4, 0.5) is 0 Å². The molecule has 0 atom stereocenters. The third-order valence-electron chi connectivity index (χ3n) is 4.12. The molecule has 148 valence electrons. The predicted molar refractivity (Wildman–Crippen MR) is 117 cm³/mol.